The molecule has 3 rings (SSSR count). The molecule has 1 aromatic heterocycles. The number of aliphatic hydroxyl groups excluding tert-OH is 1. The van der Waals surface area contributed by atoms with Gasteiger partial charge in [0, 0.05) is 5.56 Å². The van der Waals surface area contributed by atoms with Crippen LogP contribution in [0.1, 0.15) is 18.5 Å². The van der Waals surface area contributed by atoms with Crippen LogP contribution in [-0.4, -0.2) is 16.2 Å². The molecule has 2 aromatic rings. The van der Waals surface area contributed by atoms with Crippen molar-refractivity contribution in [1.82, 2.24) is 4.98 Å². The van der Waals surface area contributed by atoms with E-state index in [4.69, 9.17) is 9.84 Å². The number of ether oxygens (including phenoxy) is 1. The van der Waals surface area contributed by atoms with E-state index in [-0.39, 0.29) is 18.5 Å². The van der Waals surface area contributed by atoms with E-state index >= 15 is 0 Å². The van der Waals surface area contributed by atoms with Crippen LogP contribution in [0.3, 0.4) is 0 Å². The quantitative estimate of drug-likeness (QED) is 0.918. The smallest absolute Gasteiger partial charge is 0.221 e. The minimum absolute atomic E-state index is 0.134. The summed E-state index contributed by atoms with van der Waals surface area (Å²) in [6.45, 7) is -0.134. The highest BCUT2D eigenvalue weighted by atomic mass is 19.1. The molecular weight excluding hydrogens is 245 g/mol. The van der Waals surface area contributed by atoms with Crippen LogP contribution in [0.5, 0.6) is 5.88 Å². The summed E-state index contributed by atoms with van der Waals surface area (Å²) in [5.41, 5.74) is 2.03. The molecule has 0 aliphatic heterocycles. The van der Waals surface area contributed by atoms with Gasteiger partial charge in [-0.15, -0.1) is 0 Å². The lowest BCUT2D eigenvalue weighted by molar-refractivity contribution is 0.265. The minimum atomic E-state index is -0.291. The summed E-state index contributed by atoms with van der Waals surface area (Å²) in [5.74, 6) is 0.181. The summed E-state index contributed by atoms with van der Waals surface area (Å²) in [4.78, 5) is 4.28. The van der Waals surface area contributed by atoms with Gasteiger partial charge in [0.15, 0.2) is 0 Å². The van der Waals surface area contributed by atoms with Gasteiger partial charge in [-0.3, -0.25) is 0 Å². The van der Waals surface area contributed by atoms with Gasteiger partial charge < -0.3 is 9.84 Å². The lowest BCUT2D eigenvalue weighted by atomic mass is 10.1. The van der Waals surface area contributed by atoms with Crippen LogP contribution in [0.4, 0.5) is 4.39 Å². The Bertz CT molecular complexity index is 596. The summed E-state index contributed by atoms with van der Waals surface area (Å²) in [6.07, 6.45) is 2.25. The summed E-state index contributed by atoms with van der Waals surface area (Å²) in [6, 6.07) is 9.87. The molecule has 4 heteroatoms. The third-order valence-electron chi connectivity index (χ3n) is 3.02. The average Bonchev–Trinajstić information content (AvgIpc) is 3.22. The van der Waals surface area contributed by atoms with Crippen molar-refractivity contribution in [1.29, 1.82) is 0 Å². The third kappa shape index (κ3) is 2.74. The molecule has 19 heavy (non-hydrogen) atoms. The van der Waals surface area contributed by atoms with Gasteiger partial charge in [0.25, 0.3) is 0 Å². The molecule has 1 N–H and O–H groups in total. The molecule has 0 radical (unpaired) electrons. The number of benzene rings is 1. The molecule has 1 aromatic carbocycles. The number of rotatable bonds is 4. The molecule has 1 saturated carbocycles. The fraction of sp³-hybridized carbons (Fsp3) is 0.267. The first-order chi connectivity index (χ1) is 9.26. The summed E-state index contributed by atoms with van der Waals surface area (Å²) >= 11 is 0. The van der Waals surface area contributed by atoms with Gasteiger partial charge in [0.2, 0.25) is 5.88 Å². The van der Waals surface area contributed by atoms with Crippen molar-refractivity contribution < 1.29 is 14.2 Å². The fourth-order valence-corrected chi connectivity index (χ4v) is 1.88. The van der Waals surface area contributed by atoms with Gasteiger partial charge in [-0.1, -0.05) is 12.1 Å². The zero-order valence-electron chi connectivity index (χ0n) is 10.3. The SMILES string of the molecule is OCc1ccc(-c2cccc(F)c2)c(OC2CC2)n1. The molecule has 0 unspecified atom stereocenters. The standard InChI is InChI=1S/C15H14FNO2/c16-11-3-1-2-10(8-11)14-7-4-12(9-18)17-15(14)19-13-5-6-13/h1-4,7-8,13,18H,5-6,9H2. The number of hydrogen-bond donors (Lipinski definition) is 1. The Morgan fingerprint density at radius 3 is 2.79 bits per heavy atom. The maximum absolute atomic E-state index is 13.3. The maximum atomic E-state index is 13.3. The zero-order chi connectivity index (χ0) is 13.2. The highest BCUT2D eigenvalue weighted by Gasteiger charge is 2.25. The van der Waals surface area contributed by atoms with E-state index in [0.717, 1.165) is 24.0 Å². The van der Waals surface area contributed by atoms with Crippen LogP contribution < -0.4 is 4.74 Å². The van der Waals surface area contributed by atoms with Gasteiger partial charge in [-0.25, -0.2) is 9.37 Å². The normalized spacial score (nSPS) is 14.4. The second-order valence-corrected chi connectivity index (χ2v) is 4.64. The van der Waals surface area contributed by atoms with E-state index < -0.39 is 0 Å². The molecule has 0 amide bonds. The van der Waals surface area contributed by atoms with Crippen LogP contribution in [0.2, 0.25) is 0 Å². The van der Waals surface area contributed by atoms with Crippen LogP contribution in [0.15, 0.2) is 36.4 Å². The van der Waals surface area contributed by atoms with Gasteiger partial charge in [-0.2, -0.15) is 0 Å². The zero-order valence-corrected chi connectivity index (χ0v) is 10.3. The number of aliphatic hydroxyl groups is 1. The van der Waals surface area contributed by atoms with Crippen molar-refractivity contribution >= 4 is 0 Å². The predicted molar refractivity (Wildman–Crippen MR) is 69.2 cm³/mol. The molecular formula is C15H14FNO2. The molecule has 1 aliphatic rings. The van der Waals surface area contributed by atoms with Crippen molar-refractivity contribution in [2.75, 3.05) is 0 Å². The first kappa shape index (κ1) is 12.1. The number of nitrogens with zero attached hydrogens (tertiary/aromatic N) is 1. The van der Waals surface area contributed by atoms with Crippen molar-refractivity contribution in [3.8, 4) is 17.0 Å². The molecule has 98 valence electrons. The summed E-state index contributed by atoms with van der Waals surface area (Å²) in [7, 11) is 0. The van der Waals surface area contributed by atoms with Crippen molar-refractivity contribution in [3.63, 3.8) is 0 Å². The molecule has 1 heterocycles. The highest BCUT2D eigenvalue weighted by molar-refractivity contribution is 5.68. The number of pyridine rings is 1. The van der Waals surface area contributed by atoms with Gasteiger partial charge in [-0.05, 0) is 42.7 Å². The van der Waals surface area contributed by atoms with E-state index in [2.05, 4.69) is 4.98 Å². The van der Waals surface area contributed by atoms with E-state index in [0.29, 0.717) is 11.6 Å². The predicted octanol–water partition coefficient (Wildman–Crippen LogP) is 2.92. The topological polar surface area (TPSA) is 42.4 Å². The Balaban J connectivity index is 2.03. The van der Waals surface area contributed by atoms with E-state index in [9.17, 15) is 4.39 Å². The Morgan fingerprint density at radius 1 is 1.26 bits per heavy atom. The minimum Gasteiger partial charge on any atom is -0.474 e. The number of hydrogen-bond acceptors (Lipinski definition) is 3. The molecule has 0 bridgehead atoms. The molecule has 0 atom stereocenters. The lowest BCUT2D eigenvalue weighted by Gasteiger charge is -2.11. The Hall–Kier alpha value is -1.94. The third-order valence-corrected chi connectivity index (χ3v) is 3.02. The van der Waals surface area contributed by atoms with E-state index in [1.807, 2.05) is 12.1 Å². The molecule has 1 fully saturated rings. The molecule has 0 spiro atoms. The maximum Gasteiger partial charge on any atom is 0.221 e. The summed E-state index contributed by atoms with van der Waals surface area (Å²) in [5, 5.41) is 9.14. The largest absolute Gasteiger partial charge is 0.474 e. The summed E-state index contributed by atoms with van der Waals surface area (Å²) < 4.78 is 19.1. The van der Waals surface area contributed by atoms with Crippen LogP contribution >= 0.6 is 0 Å². The van der Waals surface area contributed by atoms with Crippen LogP contribution in [0.25, 0.3) is 11.1 Å². The van der Waals surface area contributed by atoms with E-state index in [1.165, 1.54) is 12.1 Å². The first-order valence-corrected chi connectivity index (χ1v) is 6.29. The van der Waals surface area contributed by atoms with Crippen molar-refractivity contribution in [2.24, 2.45) is 0 Å². The highest BCUT2D eigenvalue weighted by Crippen LogP contribution is 2.33. The van der Waals surface area contributed by atoms with Crippen LogP contribution in [0, 0.1) is 5.82 Å². The second kappa shape index (κ2) is 4.97. The fourth-order valence-electron chi connectivity index (χ4n) is 1.88. The van der Waals surface area contributed by atoms with Gasteiger partial charge >= 0.3 is 0 Å². The Morgan fingerprint density at radius 2 is 2.11 bits per heavy atom. The van der Waals surface area contributed by atoms with E-state index in [1.54, 1.807) is 12.1 Å². The number of aromatic nitrogens is 1. The Labute approximate surface area is 110 Å². The molecule has 0 saturated heterocycles. The van der Waals surface area contributed by atoms with Crippen molar-refractivity contribution in [3.05, 3.63) is 47.9 Å². The lowest BCUT2D eigenvalue weighted by Crippen LogP contribution is -2.02. The monoisotopic (exact) mass is 259 g/mol. The van der Waals surface area contributed by atoms with Crippen molar-refractivity contribution in [2.45, 2.75) is 25.6 Å². The van der Waals surface area contributed by atoms with Gasteiger partial charge in [0.1, 0.15) is 11.9 Å². The molecule has 1 aliphatic carbocycles. The average molecular weight is 259 g/mol. The van der Waals surface area contributed by atoms with Gasteiger partial charge in [0.05, 0.1) is 12.3 Å². The number of halogens is 1. The van der Waals surface area contributed by atoms with Crippen LogP contribution in [-0.2, 0) is 6.61 Å². The first-order valence-electron chi connectivity index (χ1n) is 6.29. The molecule has 3 nitrogen and oxygen atoms in total. The second-order valence-electron chi connectivity index (χ2n) is 4.64. The Kier molecular flexibility index (Phi) is 3.17.